The average molecular weight is 749 g/mol. The maximum atomic E-state index is 2.46. The van der Waals surface area contributed by atoms with Crippen molar-refractivity contribution in [3.05, 3.63) is 262 Å². The zero-order chi connectivity index (χ0) is 39.1. The van der Waals surface area contributed by atoms with E-state index in [2.05, 4.69) is 220 Å². The summed E-state index contributed by atoms with van der Waals surface area (Å²) in [6, 6.07) is 78.7. The third-order valence-corrected chi connectivity index (χ3v) is 14.6. The minimum absolute atomic E-state index is 0.00945. The Kier molecular flexibility index (Phi) is 6.46. The highest BCUT2D eigenvalue weighted by molar-refractivity contribution is 5.96. The molecule has 0 bridgehead atoms. The van der Waals surface area contributed by atoms with E-state index in [1.807, 2.05) is 0 Å². The molecule has 0 heteroatoms. The van der Waals surface area contributed by atoms with Crippen LogP contribution >= 0.6 is 0 Å². The van der Waals surface area contributed by atoms with E-state index in [9.17, 15) is 0 Å². The summed E-state index contributed by atoms with van der Waals surface area (Å²) in [6.07, 6.45) is 0. The first-order valence-corrected chi connectivity index (χ1v) is 21.0. The number of benzene rings is 9. The molecule has 0 atom stereocenters. The third kappa shape index (κ3) is 3.95. The van der Waals surface area contributed by atoms with Crippen LogP contribution in [0.5, 0.6) is 0 Å². The van der Waals surface area contributed by atoms with Crippen LogP contribution in [0.1, 0.15) is 69.5 Å². The molecular weight excluding hydrogens is 709 g/mol. The second-order valence-electron chi connectivity index (χ2n) is 17.5. The molecule has 9 aromatic carbocycles. The molecule has 4 aliphatic carbocycles. The smallest absolute Gasteiger partial charge is 0.0619 e. The monoisotopic (exact) mass is 748 g/mol. The molecule has 276 valence electrons. The first kappa shape index (κ1) is 33.0. The number of rotatable bonds is 2. The first-order valence-electron chi connectivity index (χ1n) is 21.0. The van der Waals surface area contributed by atoms with Gasteiger partial charge in [0.25, 0.3) is 0 Å². The lowest BCUT2D eigenvalue weighted by molar-refractivity contribution is 0.634. The second kappa shape index (κ2) is 11.6. The molecule has 2 spiro atoms. The van der Waals surface area contributed by atoms with Gasteiger partial charge >= 0.3 is 0 Å². The van der Waals surface area contributed by atoms with Gasteiger partial charge in [-0.1, -0.05) is 214 Å². The van der Waals surface area contributed by atoms with Gasteiger partial charge in [0.15, 0.2) is 0 Å². The Morgan fingerprint density at radius 2 is 0.593 bits per heavy atom. The molecule has 0 radical (unpaired) electrons. The maximum Gasteiger partial charge on any atom is 0.0725 e. The van der Waals surface area contributed by atoms with E-state index in [1.165, 1.54) is 111 Å². The number of hydrogen-bond donors (Lipinski definition) is 0. The van der Waals surface area contributed by atoms with Gasteiger partial charge in [-0.15, -0.1) is 0 Å². The molecule has 0 fully saturated rings. The van der Waals surface area contributed by atoms with Crippen molar-refractivity contribution < 1.29 is 0 Å². The molecule has 0 aliphatic heterocycles. The van der Waals surface area contributed by atoms with E-state index in [1.54, 1.807) is 0 Å². The molecule has 0 heterocycles. The highest BCUT2D eigenvalue weighted by Crippen LogP contribution is 2.68. The van der Waals surface area contributed by atoms with Crippen molar-refractivity contribution in [2.75, 3.05) is 0 Å². The lowest BCUT2D eigenvalue weighted by Crippen LogP contribution is -2.44. The molecule has 0 saturated carbocycles. The molecule has 0 aromatic heterocycles. The average Bonchev–Trinajstić information content (AvgIpc) is 3.85. The Morgan fingerprint density at radius 1 is 0.237 bits per heavy atom. The fourth-order valence-electron chi connectivity index (χ4n) is 12.3. The molecule has 0 nitrogen and oxygen atoms in total. The molecule has 0 saturated heterocycles. The van der Waals surface area contributed by atoms with Gasteiger partial charge in [0.1, 0.15) is 0 Å². The van der Waals surface area contributed by atoms with E-state index in [4.69, 9.17) is 0 Å². The summed E-state index contributed by atoms with van der Waals surface area (Å²) >= 11 is 0. The van der Waals surface area contributed by atoms with Crippen molar-refractivity contribution >= 4 is 0 Å². The third-order valence-electron chi connectivity index (χ3n) is 14.6. The van der Waals surface area contributed by atoms with E-state index in [0.29, 0.717) is 0 Å². The van der Waals surface area contributed by atoms with Crippen LogP contribution in [0.3, 0.4) is 0 Å². The fraction of sp³-hybridized carbons (Fsp3) is 0.0847. The largest absolute Gasteiger partial charge is 0.0725 e. The summed E-state index contributed by atoms with van der Waals surface area (Å²) in [5.74, 6) is 0. The van der Waals surface area contributed by atoms with E-state index in [0.717, 1.165) is 0 Å². The Hall–Kier alpha value is -7.02. The highest BCUT2D eigenvalue weighted by Gasteiger charge is 2.59. The molecule has 0 unspecified atom stereocenters. The zero-order valence-electron chi connectivity index (χ0n) is 33.1. The molecular formula is C59H40. The number of hydrogen-bond acceptors (Lipinski definition) is 0. The van der Waals surface area contributed by atoms with Gasteiger partial charge in [-0.2, -0.15) is 0 Å². The normalized spacial score (nSPS) is 15.7. The standard InChI is InChI=1S/C59H40/c1-57(2)47-22-8-3-20-45(47)46-36-39(34-35-48(46)57)37-30-32-38(33-31-37)40-21-15-29-55-56(40)59(51-25-11-6-18-43(51)44-19-7-12-26-52(44)59)54-28-14-13-27-53(54)58(55)49-23-9-4-16-41(49)42-17-5-10-24-50(42)58/h3-36H,1-2H3. The van der Waals surface area contributed by atoms with Crippen LogP contribution in [0.4, 0.5) is 0 Å². The van der Waals surface area contributed by atoms with E-state index < -0.39 is 10.8 Å². The van der Waals surface area contributed by atoms with Crippen molar-refractivity contribution in [3.8, 4) is 55.6 Å². The van der Waals surface area contributed by atoms with Crippen LogP contribution in [-0.2, 0) is 16.2 Å². The molecule has 4 aliphatic rings. The Balaban J connectivity index is 1.10. The van der Waals surface area contributed by atoms with Crippen molar-refractivity contribution in [1.82, 2.24) is 0 Å². The molecule has 9 aromatic rings. The summed E-state index contributed by atoms with van der Waals surface area (Å²) in [4.78, 5) is 0. The summed E-state index contributed by atoms with van der Waals surface area (Å²) in [5, 5.41) is 0. The summed E-state index contributed by atoms with van der Waals surface area (Å²) < 4.78 is 0. The molecule has 0 N–H and O–H groups in total. The first-order chi connectivity index (χ1) is 29.0. The van der Waals surface area contributed by atoms with E-state index in [-0.39, 0.29) is 5.41 Å². The summed E-state index contributed by atoms with van der Waals surface area (Å²) in [7, 11) is 0. The van der Waals surface area contributed by atoms with Crippen LogP contribution in [0.2, 0.25) is 0 Å². The van der Waals surface area contributed by atoms with Gasteiger partial charge in [-0.25, -0.2) is 0 Å². The van der Waals surface area contributed by atoms with Crippen LogP contribution in [0.25, 0.3) is 55.6 Å². The van der Waals surface area contributed by atoms with Gasteiger partial charge in [-0.3, -0.25) is 0 Å². The lowest BCUT2D eigenvalue weighted by Gasteiger charge is -2.49. The summed E-state index contributed by atoms with van der Waals surface area (Å²) in [6.45, 7) is 4.71. The van der Waals surface area contributed by atoms with Gasteiger partial charge in [0.05, 0.1) is 10.8 Å². The second-order valence-corrected chi connectivity index (χ2v) is 17.5. The van der Waals surface area contributed by atoms with Crippen LogP contribution in [0, 0.1) is 0 Å². The summed E-state index contributed by atoms with van der Waals surface area (Å²) in [5.41, 5.74) is 25.7. The molecule has 13 rings (SSSR count). The van der Waals surface area contributed by atoms with Crippen molar-refractivity contribution in [3.63, 3.8) is 0 Å². The fourth-order valence-corrected chi connectivity index (χ4v) is 12.3. The Bertz CT molecular complexity index is 3150. The highest BCUT2D eigenvalue weighted by atomic mass is 14.6. The Labute approximate surface area is 346 Å². The van der Waals surface area contributed by atoms with Gasteiger partial charge < -0.3 is 0 Å². The predicted molar refractivity (Wildman–Crippen MR) is 243 cm³/mol. The SMILES string of the molecule is CC1(C)c2ccccc2-c2cc(-c3ccc(-c4cccc5c4C4(c6ccccc6-c6ccccc64)c4ccccc4C54c5ccccc5-c5ccccc54)cc3)ccc21. The number of fused-ring (bicyclic) bond motifs is 19. The van der Waals surface area contributed by atoms with Gasteiger partial charge in [0, 0.05) is 5.41 Å². The topological polar surface area (TPSA) is 0 Å². The quantitative estimate of drug-likeness (QED) is 0.165. The van der Waals surface area contributed by atoms with Crippen molar-refractivity contribution in [2.24, 2.45) is 0 Å². The predicted octanol–water partition coefficient (Wildman–Crippen LogP) is 14.4. The van der Waals surface area contributed by atoms with Crippen LogP contribution in [0.15, 0.2) is 206 Å². The van der Waals surface area contributed by atoms with Gasteiger partial charge in [0.2, 0.25) is 0 Å². The van der Waals surface area contributed by atoms with Crippen LogP contribution in [-0.4, -0.2) is 0 Å². The zero-order valence-corrected chi connectivity index (χ0v) is 33.1. The lowest BCUT2D eigenvalue weighted by atomic mass is 9.51. The molecule has 0 amide bonds. The minimum Gasteiger partial charge on any atom is -0.0619 e. The van der Waals surface area contributed by atoms with E-state index >= 15 is 0 Å². The Morgan fingerprint density at radius 3 is 1.14 bits per heavy atom. The molecule has 59 heavy (non-hydrogen) atoms. The minimum atomic E-state index is -0.535. The maximum absolute atomic E-state index is 2.46. The van der Waals surface area contributed by atoms with Gasteiger partial charge in [-0.05, 0) is 117 Å². The van der Waals surface area contributed by atoms with Crippen LogP contribution < -0.4 is 0 Å². The van der Waals surface area contributed by atoms with Crippen molar-refractivity contribution in [2.45, 2.75) is 30.1 Å². The van der Waals surface area contributed by atoms with Crippen molar-refractivity contribution in [1.29, 1.82) is 0 Å².